The molecule has 1 amide bonds. The molecule has 1 aliphatic rings. The van der Waals surface area contributed by atoms with E-state index in [1.165, 1.54) is 25.7 Å². The zero-order chi connectivity index (χ0) is 11.3. The number of nitrogens with one attached hydrogen (secondary N) is 1. The summed E-state index contributed by atoms with van der Waals surface area (Å²) in [6.45, 7) is 3.79. The second-order valence-electron chi connectivity index (χ2n) is 4.84. The van der Waals surface area contributed by atoms with E-state index in [0.29, 0.717) is 6.04 Å². The molecule has 0 heterocycles. The first-order chi connectivity index (χ1) is 7.11. The van der Waals surface area contributed by atoms with Gasteiger partial charge in [0.2, 0.25) is 5.91 Å². The molecule has 2 unspecified atom stereocenters. The van der Waals surface area contributed by atoms with E-state index in [-0.39, 0.29) is 17.9 Å². The van der Waals surface area contributed by atoms with Crippen molar-refractivity contribution in [3.8, 4) is 0 Å². The molecule has 0 aliphatic heterocycles. The Morgan fingerprint density at radius 1 is 1.20 bits per heavy atom. The van der Waals surface area contributed by atoms with Crippen LogP contribution in [0.15, 0.2) is 0 Å². The lowest BCUT2D eigenvalue weighted by molar-refractivity contribution is -0.125. The van der Waals surface area contributed by atoms with Crippen molar-refractivity contribution in [3.63, 3.8) is 0 Å². The van der Waals surface area contributed by atoms with Crippen molar-refractivity contribution in [1.29, 1.82) is 0 Å². The molecule has 1 rings (SSSR count). The number of rotatable bonds is 3. The lowest BCUT2D eigenvalue weighted by Gasteiger charge is -2.21. The second kappa shape index (κ2) is 6.11. The van der Waals surface area contributed by atoms with Gasteiger partial charge in [0.05, 0.1) is 0 Å². The summed E-state index contributed by atoms with van der Waals surface area (Å²) in [5.41, 5.74) is 5.71. The summed E-state index contributed by atoms with van der Waals surface area (Å²) in [6.07, 6.45) is 7.40. The summed E-state index contributed by atoms with van der Waals surface area (Å²) in [6, 6.07) is 0.331. The van der Waals surface area contributed by atoms with Crippen molar-refractivity contribution in [3.05, 3.63) is 0 Å². The maximum Gasteiger partial charge on any atom is 0.224 e. The van der Waals surface area contributed by atoms with Gasteiger partial charge in [-0.1, -0.05) is 32.6 Å². The van der Waals surface area contributed by atoms with Crippen molar-refractivity contribution in [1.82, 2.24) is 5.32 Å². The molecule has 0 saturated heterocycles. The van der Waals surface area contributed by atoms with Gasteiger partial charge in [0.15, 0.2) is 0 Å². The van der Waals surface area contributed by atoms with Crippen molar-refractivity contribution in [2.24, 2.45) is 11.7 Å². The van der Waals surface area contributed by atoms with E-state index in [1.807, 2.05) is 13.8 Å². The molecule has 3 N–H and O–H groups in total. The van der Waals surface area contributed by atoms with Crippen LogP contribution in [0.5, 0.6) is 0 Å². The highest BCUT2D eigenvalue weighted by Crippen LogP contribution is 2.17. The predicted molar refractivity (Wildman–Crippen MR) is 62.4 cm³/mol. The van der Waals surface area contributed by atoms with Gasteiger partial charge in [-0.3, -0.25) is 4.79 Å². The SMILES string of the molecule is CC(N)C(C)C(=O)NC1CCCCCC1. The second-order valence-corrected chi connectivity index (χ2v) is 4.84. The molecular formula is C12H24N2O. The van der Waals surface area contributed by atoms with Crippen LogP contribution in [-0.4, -0.2) is 18.0 Å². The van der Waals surface area contributed by atoms with Gasteiger partial charge in [0, 0.05) is 18.0 Å². The van der Waals surface area contributed by atoms with E-state index < -0.39 is 0 Å². The molecule has 3 nitrogen and oxygen atoms in total. The quantitative estimate of drug-likeness (QED) is 0.701. The highest BCUT2D eigenvalue weighted by atomic mass is 16.1. The molecule has 3 heteroatoms. The summed E-state index contributed by atoms with van der Waals surface area (Å²) in [5, 5.41) is 3.12. The third-order valence-corrected chi connectivity index (χ3v) is 3.40. The Hall–Kier alpha value is -0.570. The van der Waals surface area contributed by atoms with Crippen LogP contribution in [0.3, 0.4) is 0 Å². The average molecular weight is 212 g/mol. The molecule has 0 aromatic rings. The highest BCUT2D eigenvalue weighted by Gasteiger charge is 2.20. The Kier molecular flexibility index (Phi) is 5.09. The predicted octanol–water partition coefficient (Wildman–Crippen LogP) is 1.81. The van der Waals surface area contributed by atoms with E-state index in [4.69, 9.17) is 5.73 Å². The van der Waals surface area contributed by atoms with Crippen LogP contribution in [-0.2, 0) is 4.79 Å². The summed E-state index contributed by atoms with van der Waals surface area (Å²) in [4.78, 5) is 11.8. The topological polar surface area (TPSA) is 55.1 Å². The maximum absolute atomic E-state index is 11.8. The molecule has 1 saturated carbocycles. The minimum Gasteiger partial charge on any atom is -0.353 e. The Morgan fingerprint density at radius 2 is 1.73 bits per heavy atom. The van der Waals surface area contributed by atoms with Gasteiger partial charge in [0.1, 0.15) is 0 Å². The first-order valence-corrected chi connectivity index (χ1v) is 6.17. The molecule has 0 bridgehead atoms. The third-order valence-electron chi connectivity index (χ3n) is 3.40. The Labute approximate surface area is 92.8 Å². The highest BCUT2D eigenvalue weighted by molar-refractivity contribution is 5.79. The largest absolute Gasteiger partial charge is 0.353 e. The van der Waals surface area contributed by atoms with E-state index >= 15 is 0 Å². The van der Waals surface area contributed by atoms with Gasteiger partial charge in [-0.05, 0) is 19.8 Å². The summed E-state index contributed by atoms with van der Waals surface area (Å²) in [7, 11) is 0. The summed E-state index contributed by atoms with van der Waals surface area (Å²) in [5.74, 6) is 0.0464. The summed E-state index contributed by atoms with van der Waals surface area (Å²) >= 11 is 0. The molecule has 88 valence electrons. The van der Waals surface area contributed by atoms with Crippen molar-refractivity contribution < 1.29 is 4.79 Å². The van der Waals surface area contributed by atoms with Crippen molar-refractivity contribution >= 4 is 5.91 Å². The molecule has 15 heavy (non-hydrogen) atoms. The van der Waals surface area contributed by atoms with Gasteiger partial charge < -0.3 is 11.1 Å². The van der Waals surface area contributed by atoms with Crippen LogP contribution in [0.25, 0.3) is 0 Å². The number of hydrogen-bond acceptors (Lipinski definition) is 2. The standard InChI is InChI=1S/C12H24N2O/c1-9(10(2)13)12(15)14-11-7-5-3-4-6-8-11/h9-11H,3-8,13H2,1-2H3,(H,14,15). The number of nitrogens with two attached hydrogens (primary N) is 1. The van der Waals surface area contributed by atoms with Crippen molar-refractivity contribution in [2.75, 3.05) is 0 Å². The Morgan fingerprint density at radius 3 is 2.20 bits per heavy atom. The Balaban J connectivity index is 2.35. The van der Waals surface area contributed by atoms with Gasteiger partial charge >= 0.3 is 0 Å². The molecule has 1 aliphatic carbocycles. The minimum absolute atomic E-state index is 0.0595. The van der Waals surface area contributed by atoms with Crippen LogP contribution < -0.4 is 11.1 Å². The molecule has 0 aromatic heterocycles. The van der Waals surface area contributed by atoms with Gasteiger partial charge in [-0.2, -0.15) is 0 Å². The fourth-order valence-corrected chi connectivity index (χ4v) is 2.00. The third kappa shape index (κ3) is 4.20. The van der Waals surface area contributed by atoms with E-state index in [9.17, 15) is 4.79 Å². The number of amides is 1. The first-order valence-electron chi connectivity index (χ1n) is 6.17. The van der Waals surface area contributed by atoms with Gasteiger partial charge in [-0.15, -0.1) is 0 Å². The lowest BCUT2D eigenvalue weighted by atomic mass is 10.0. The van der Waals surface area contributed by atoms with E-state index in [2.05, 4.69) is 5.32 Å². The smallest absolute Gasteiger partial charge is 0.224 e. The molecule has 0 radical (unpaired) electrons. The summed E-state index contributed by atoms with van der Waals surface area (Å²) < 4.78 is 0. The van der Waals surface area contributed by atoms with Crippen LogP contribution >= 0.6 is 0 Å². The minimum atomic E-state index is -0.0757. The van der Waals surface area contributed by atoms with Gasteiger partial charge in [0.25, 0.3) is 0 Å². The normalized spacial score (nSPS) is 22.9. The number of carbonyl (C=O) groups is 1. The maximum atomic E-state index is 11.8. The van der Waals surface area contributed by atoms with E-state index in [1.54, 1.807) is 0 Å². The number of carbonyl (C=O) groups excluding carboxylic acids is 1. The van der Waals surface area contributed by atoms with E-state index in [0.717, 1.165) is 12.8 Å². The van der Waals surface area contributed by atoms with Crippen molar-refractivity contribution in [2.45, 2.75) is 64.5 Å². The number of hydrogen-bond donors (Lipinski definition) is 2. The average Bonchev–Trinajstić information content (AvgIpc) is 2.45. The monoisotopic (exact) mass is 212 g/mol. The van der Waals surface area contributed by atoms with Crippen LogP contribution in [0.4, 0.5) is 0 Å². The molecule has 2 atom stereocenters. The molecule has 0 spiro atoms. The zero-order valence-corrected chi connectivity index (χ0v) is 9.96. The Bertz CT molecular complexity index is 196. The zero-order valence-electron chi connectivity index (χ0n) is 9.96. The van der Waals surface area contributed by atoms with Crippen LogP contribution in [0, 0.1) is 5.92 Å². The molecule has 1 fully saturated rings. The lowest BCUT2D eigenvalue weighted by Crippen LogP contribution is -2.43. The fourth-order valence-electron chi connectivity index (χ4n) is 2.00. The fraction of sp³-hybridized carbons (Fsp3) is 0.917. The van der Waals surface area contributed by atoms with Crippen LogP contribution in [0.1, 0.15) is 52.4 Å². The van der Waals surface area contributed by atoms with Gasteiger partial charge in [-0.25, -0.2) is 0 Å². The first kappa shape index (κ1) is 12.5. The molecular weight excluding hydrogens is 188 g/mol. The van der Waals surface area contributed by atoms with Crippen LogP contribution in [0.2, 0.25) is 0 Å². The molecule has 0 aromatic carbocycles.